The topological polar surface area (TPSA) is 161 Å². The van der Waals surface area contributed by atoms with Crippen LogP contribution in [0.15, 0.2) is 48.5 Å². The van der Waals surface area contributed by atoms with Crippen molar-refractivity contribution in [1.82, 2.24) is 0 Å². The minimum atomic E-state index is -2.12. The van der Waals surface area contributed by atoms with Crippen molar-refractivity contribution in [1.29, 1.82) is 0 Å². The Kier molecular flexibility index (Phi) is 11.5. The monoisotopic (exact) mass is 516 g/mol. The Morgan fingerprint density at radius 1 is 0.444 bits per heavy atom. The van der Waals surface area contributed by atoms with Gasteiger partial charge in [-0.1, -0.05) is 48.5 Å². The first-order valence-electron chi connectivity index (χ1n) is 9.28. The normalized spacial score (nSPS) is 10.2. The Hall–Kier alpha value is -0.720. The Labute approximate surface area is 291 Å². The number of fused-ring (bicyclic) bond motifs is 2. The molecule has 0 saturated heterocycles. The van der Waals surface area contributed by atoms with Gasteiger partial charge in [-0.2, -0.15) is 0 Å². The van der Waals surface area contributed by atoms with E-state index in [1.54, 1.807) is 36.4 Å². The third-order valence-electron chi connectivity index (χ3n) is 5.75. The smallest absolute Gasteiger partial charge is 0.545 e. The first-order chi connectivity index (χ1) is 15.2. The van der Waals surface area contributed by atoms with E-state index >= 15 is 0 Å². The molecule has 8 nitrogen and oxygen atoms in total. The summed E-state index contributed by atoms with van der Waals surface area (Å²) >= 11 is 0. The summed E-state index contributed by atoms with van der Waals surface area (Å²) in [7, 11) is 0. The van der Waals surface area contributed by atoms with E-state index in [1.165, 1.54) is 6.07 Å². The van der Waals surface area contributed by atoms with Crippen molar-refractivity contribution < 1.29 is 158 Å². The summed E-state index contributed by atoms with van der Waals surface area (Å²) in [5.74, 6) is -7.92. The second-order valence-electron chi connectivity index (χ2n) is 7.27. The van der Waals surface area contributed by atoms with Crippen LogP contribution < -0.4 is 139 Å². The maximum atomic E-state index is 12.2. The summed E-state index contributed by atoms with van der Waals surface area (Å²) in [5.41, 5.74) is -3.88. The fourth-order valence-electron chi connectivity index (χ4n) is 4.67. The van der Waals surface area contributed by atoms with Gasteiger partial charge in [-0.25, -0.2) is 0 Å². The summed E-state index contributed by atoms with van der Waals surface area (Å²) in [6.45, 7) is 0. The molecule has 5 aromatic carbocycles. The molecule has 0 spiro atoms. The molecule has 0 radical (unpaired) electrons. The van der Waals surface area contributed by atoms with Crippen LogP contribution in [0.1, 0.15) is 41.4 Å². The summed E-state index contributed by atoms with van der Waals surface area (Å²) in [6, 6.07) is 12.6. The van der Waals surface area contributed by atoms with Crippen molar-refractivity contribution in [2.75, 3.05) is 0 Å². The molecular formula is C24H8Na4O8. The summed E-state index contributed by atoms with van der Waals surface area (Å²) in [4.78, 5) is 48.0. The summed E-state index contributed by atoms with van der Waals surface area (Å²) in [5, 5.41) is 49.8. The molecule has 0 bridgehead atoms. The zero-order valence-electron chi connectivity index (χ0n) is 19.9. The summed E-state index contributed by atoms with van der Waals surface area (Å²) < 4.78 is 0. The third-order valence-corrected chi connectivity index (χ3v) is 5.75. The zero-order chi connectivity index (χ0) is 22.9. The Morgan fingerprint density at radius 3 is 1.42 bits per heavy atom. The molecule has 0 aliphatic heterocycles. The van der Waals surface area contributed by atoms with Gasteiger partial charge in [0.15, 0.2) is 0 Å². The number of rotatable bonds is 4. The van der Waals surface area contributed by atoms with Crippen LogP contribution in [0, 0.1) is 0 Å². The molecule has 5 aromatic rings. The van der Waals surface area contributed by atoms with Crippen molar-refractivity contribution in [2.24, 2.45) is 0 Å². The molecule has 36 heavy (non-hydrogen) atoms. The standard InChI is InChI=1S/C24H12O8.4Na/c25-21(26)13-8-7-11-10-5-1-3-9-4-2-6-12(14(9)10)16-15(11)17(13)19(23(29)30)20(24(31)32)18(16)22(27)28;;;;/h1-8H,(H,25,26)(H,27,28)(H,29,30)(H,31,32);;;;/q;4*+1/p-4. The molecule has 0 aliphatic rings. The van der Waals surface area contributed by atoms with Crippen LogP contribution >= 0.6 is 0 Å². The van der Waals surface area contributed by atoms with Gasteiger partial charge >= 0.3 is 118 Å². The maximum absolute atomic E-state index is 12.2. The fourth-order valence-corrected chi connectivity index (χ4v) is 4.67. The van der Waals surface area contributed by atoms with Crippen LogP contribution in [0.5, 0.6) is 0 Å². The number of aromatic carboxylic acids is 4. The van der Waals surface area contributed by atoms with Crippen LogP contribution in [-0.4, -0.2) is 23.9 Å². The number of hydrogen-bond donors (Lipinski definition) is 0. The van der Waals surface area contributed by atoms with Crippen molar-refractivity contribution in [2.45, 2.75) is 0 Å². The number of benzene rings is 5. The third kappa shape index (κ3) is 4.88. The molecule has 0 fully saturated rings. The summed E-state index contributed by atoms with van der Waals surface area (Å²) in [6.07, 6.45) is 0. The van der Waals surface area contributed by atoms with Gasteiger partial charge in [0, 0.05) is 33.0 Å². The Balaban J connectivity index is 0.00000162. The van der Waals surface area contributed by atoms with E-state index in [9.17, 15) is 39.6 Å². The van der Waals surface area contributed by atoms with Gasteiger partial charge in [0.25, 0.3) is 0 Å². The number of hydrogen-bond acceptors (Lipinski definition) is 8. The van der Waals surface area contributed by atoms with Gasteiger partial charge in [0.2, 0.25) is 0 Å². The molecule has 0 heterocycles. The molecule has 0 aromatic heterocycles. The van der Waals surface area contributed by atoms with Crippen LogP contribution in [0.2, 0.25) is 0 Å². The van der Waals surface area contributed by atoms with E-state index in [2.05, 4.69) is 0 Å². The van der Waals surface area contributed by atoms with Gasteiger partial charge in [-0.3, -0.25) is 0 Å². The molecule has 5 rings (SSSR count). The largest absolute Gasteiger partial charge is 1.00 e. The number of carboxylic acids is 4. The predicted octanol–water partition coefficient (Wildman–Crippen LogP) is -12.8. The maximum Gasteiger partial charge on any atom is 1.00 e. The van der Waals surface area contributed by atoms with Crippen molar-refractivity contribution in [3.63, 3.8) is 0 Å². The SMILES string of the molecule is O=C([O-])c1c(C(=O)[O-])c2c(C(=O)[O-])ccc3c4cccc5cccc(c(c1C(=O)[O-])c23)c54.[Na+].[Na+].[Na+].[Na+]. The molecule has 0 N–H and O–H groups in total. The molecule has 0 atom stereocenters. The quantitative estimate of drug-likeness (QED) is 0.129. The molecule has 0 amide bonds. The average molecular weight is 516 g/mol. The first-order valence-corrected chi connectivity index (χ1v) is 9.28. The van der Waals surface area contributed by atoms with Gasteiger partial charge in [-0.15, -0.1) is 0 Å². The minimum Gasteiger partial charge on any atom is -0.545 e. The van der Waals surface area contributed by atoms with E-state index in [1.807, 2.05) is 0 Å². The van der Waals surface area contributed by atoms with Crippen molar-refractivity contribution in [3.8, 4) is 0 Å². The predicted molar refractivity (Wildman–Crippen MR) is 105 cm³/mol. The van der Waals surface area contributed by atoms with Crippen LogP contribution in [-0.2, 0) is 0 Å². The molecule has 0 unspecified atom stereocenters. The Morgan fingerprint density at radius 2 is 0.917 bits per heavy atom. The van der Waals surface area contributed by atoms with E-state index in [4.69, 9.17) is 0 Å². The fraction of sp³-hybridized carbons (Fsp3) is 0. The minimum absolute atomic E-state index is 0. The average Bonchev–Trinajstić information content (AvgIpc) is 2.75. The zero-order valence-corrected chi connectivity index (χ0v) is 27.9. The second-order valence-corrected chi connectivity index (χ2v) is 7.27. The van der Waals surface area contributed by atoms with E-state index in [0.717, 1.165) is 6.07 Å². The van der Waals surface area contributed by atoms with Gasteiger partial charge in [0.05, 0.1) is 23.9 Å². The van der Waals surface area contributed by atoms with Crippen molar-refractivity contribution >= 4 is 67.0 Å². The molecule has 156 valence electrons. The van der Waals surface area contributed by atoms with E-state index in [-0.39, 0.29) is 134 Å². The molecule has 12 heteroatoms. The van der Waals surface area contributed by atoms with Crippen LogP contribution in [0.3, 0.4) is 0 Å². The number of carbonyl (C=O) groups excluding carboxylic acids is 4. The van der Waals surface area contributed by atoms with Crippen LogP contribution in [0.25, 0.3) is 43.1 Å². The number of carboxylic acid groups (broad SMARTS) is 4. The van der Waals surface area contributed by atoms with E-state index in [0.29, 0.717) is 21.5 Å². The van der Waals surface area contributed by atoms with Gasteiger partial charge < -0.3 is 39.6 Å². The second kappa shape index (κ2) is 12.4. The van der Waals surface area contributed by atoms with E-state index < -0.39 is 51.5 Å². The molecular weight excluding hydrogens is 508 g/mol. The first kappa shape index (κ1) is 33.3. The molecule has 0 aliphatic carbocycles. The molecule has 0 saturated carbocycles. The van der Waals surface area contributed by atoms with Crippen LogP contribution in [0.4, 0.5) is 0 Å². The Bertz CT molecular complexity index is 1690. The number of carbonyl (C=O) groups is 4. The van der Waals surface area contributed by atoms with Crippen molar-refractivity contribution in [3.05, 3.63) is 70.8 Å². The van der Waals surface area contributed by atoms with Gasteiger partial charge in [-0.05, 0) is 32.3 Å². The van der Waals surface area contributed by atoms with Gasteiger partial charge in [0.1, 0.15) is 0 Å².